The fourth-order valence-corrected chi connectivity index (χ4v) is 2.91. The van der Waals surface area contributed by atoms with E-state index in [-0.39, 0.29) is 16.0 Å². The number of nitrogens with zero attached hydrogens (tertiary/aromatic N) is 3. The van der Waals surface area contributed by atoms with Crippen molar-refractivity contribution in [3.05, 3.63) is 70.1 Å². The maximum absolute atomic E-state index is 12.3. The van der Waals surface area contributed by atoms with Gasteiger partial charge in [-0.1, -0.05) is 23.2 Å². The predicted octanol–water partition coefficient (Wildman–Crippen LogP) is 3.51. The van der Waals surface area contributed by atoms with Gasteiger partial charge < -0.3 is 10.1 Å². The Morgan fingerprint density at radius 3 is 2.64 bits per heavy atom. The molecule has 2 heterocycles. The minimum absolute atomic E-state index is 0.282. The van der Waals surface area contributed by atoms with Crippen molar-refractivity contribution < 1.29 is 9.53 Å². The van der Waals surface area contributed by atoms with Crippen LogP contribution in [0.3, 0.4) is 0 Å². The minimum Gasteiger partial charge on any atom is -0.494 e. The standard InChI is InChI=1S/C17H14Cl2N4O2/c1-25-16-13(18)8-12(9-14(16)19)17(24)21-10-11-3-5-20-15(7-11)23-6-2-4-22-23/h2-9H,10H2,1H3,(H,21,24). The van der Waals surface area contributed by atoms with Crippen LogP contribution in [0.15, 0.2) is 48.9 Å². The Labute approximate surface area is 154 Å². The maximum atomic E-state index is 12.3. The normalized spacial score (nSPS) is 10.5. The van der Waals surface area contributed by atoms with E-state index < -0.39 is 0 Å². The van der Waals surface area contributed by atoms with Gasteiger partial charge in [-0.25, -0.2) is 9.67 Å². The Balaban J connectivity index is 1.72. The number of rotatable bonds is 5. The quantitative estimate of drug-likeness (QED) is 0.739. The summed E-state index contributed by atoms with van der Waals surface area (Å²) in [5, 5.41) is 7.52. The zero-order valence-electron chi connectivity index (χ0n) is 13.2. The molecule has 0 aliphatic carbocycles. The van der Waals surface area contributed by atoms with Crippen molar-refractivity contribution in [1.82, 2.24) is 20.1 Å². The highest BCUT2D eigenvalue weighted by atomic mass is 35.5. The number of methoxy groups -OCH3 is 1. The Bertz CT molecular complexity index is 874. The summed E-state index contributed by atoms with van der Waals surface area (Å²) in [6, 6.07) is 8.52. The van der Waals surface area contributed by atoms with Crippen LogP contribution in [0.25, 0.3) is 5.82 Å². The lowest BCUT2D eigenvalue weighted by Gasteiger charge is -2.10. The summed E-state index contributed by atoms with van der Waals surface area (Å²) in [6.07, 6.45) is 5.14. The number of ether oxygens (including phenoxy) is 1. The summed E-state index contributed by atoms with van der Waals surface area (Å²) in [5.74, 6) is 0.731. The molecule has 0 unspecified atom stereocenters. The van der Waals surface area contributed by atoms with E-state index in [1.165, 1.54) is 19.2 Å². The smallest absolute Gasteiger partial charge is 0.251 e. The first-order chi connectivity index (χ1) is 12.1. The summed E-state index contributed by atoms with van der Waals surface area (Å²) in [6.45, 7) is 0.330. The number of aromatic nitrogens is 3. The number of carbonyl (C=O) groups excluding carboxylic acids is 1. The minimum atomic E-state index is -0.288. The first-order valence-corrected chi connectivity index (χ1v) is 8.10. The van der Waals surface area contributed by atoms with Gasteiger partial charge in [-0.05, 0) is 35.9 Å². The van der Waals surface area contributed by atoms with Crippen LogP contribution >= 0.6 is 23.2 Å². The molecule has 0 radical (unpaired) electrons. The lowest BCUT2D eigenvalue weighted by molar-refractivity contribution is 0.0951. The van der Waals surface area contributed by atoms with Crippen LogP contribution in [-0.2, 0) is 6.54 Å². The second-order valence-electron chi connectivity index (χ2n) is 5.13. The van der Waals surface area contributed by atoms with E-state index in [9.17, 15) is 4.79 Å². The number of pyridine rings is 1. The van der Waals surface area contributed by atoms with E-state index in [1.807, 2.05) is 18.2 Å². The van der Waals surface area contributed by atoms with Gasteiger partial charge in [0.05, 0.1) is 17.2 Å². The molecule has 2 aromatic heterocycles. The van der Waals surface area contributed by atoms with Gasteiger partial charge in [-0.2, -0.15) is 5.10 Å². The Morgan fingerprint density at radius 2 is 2.00 bits per heavy atom. The van der Waals surface area contributed by atoms with Crippen LogP contribution in [-0.4, -0.2) is 27.8 Å². The predicted molar refractivity (Wildman–Crippen MR) is 95.5 cm³/mol. The first kappa shape index (κ1) is 17.3. The zero-order chi connectivity index (χ0) is 17.8. The lowest BCUT2D eigenvalue weighted by Crippen LogP contribution is -2.23. The molecule has 1 amide bonds. The molecule has 3 aromatic rings. The topological polar surface area (TPSA) is 69.0 Å². The molecule has 0 aliphatic heterocycles. The van der Waals surface area contributed by atoms with Crippen LogP contribution in [0.2, 0.25) is 10.0 Å². The highest BCUT2D eigenvalue weighted by Gasteiger charge is 2.13. The lowest BCUT2D eigenvalue weighted by atomic mass is 10.2. The first-order valence-electron chi connectivity index (χ1n) is 7.34. The Kier molecular flexibility index (Phi) is 5.21. The fraction of sp³-hybridized carbons (Fsp3) is 0.118. The van der Waals surface area contributed by atoms with E-state index in [2.05, 4.69) is 15.4 Å². The molecule has 1 N–H and O–H groups in total. The fourth-order valence-electron chi connectivity index (χ4n) is 2.27. The van der Waals surface area contributed by atoms with Crippen molar-refractivity contribution in [2.75, 3.05) is 7.11 Å². The second kappa shape index (κ2) is 7.55. The van der Waals surface area contributed by atoms with Gasteiger partial charge in [-0.3, -0.25) is 4.79 Å². The highest BCUT2D eigenvalue weighted by Crippen LogP contribution is 2.33. The molecule has 0 saturated heterocycles. The molecule has 3 rings (SSSR count). The Hall–Kier alpha value is -2.57. The molecule has 8 heteroatoms. The number of amides is 1. The van der Waals surface area contributed by atoms with Crippen molar-refractivity contribution in [2.24, 2.45) is 0 Å². The SMILES string of the molecule is COc1c(Cl)cc(C(=O)NCc2ccnc(-n3cccn3)c2)cc1Cl. The van der Waals surface area contributed by atoms with E-state index in [0.29, 0.717) is 23.7 Å². The molecule has 6 nitrogen and oxygen atoms in total. The van der Waals surface area contributed by atoms with E-state index in [0.717, 1.165) is 5.56 Å². The summed E-state index contributed by atoms with van der Waals surface area (Å²) in [7, 11) is 1.47. The molecule has 0 fully saturated rings. The summed E-state index contributed by atoms with van der Waals surface area (Å²) in [4.78, 5) is 16.6. The molecule has 0 saturated carbocycles. The summed E-state index contributed by atoms with van der Waals surface area (Å²) < 4.78 is 6.72. The van der Waals surface area contributed by atoms with Crippen molar-refractivity contribution in [3.8, 4) is 11.6 Å². The van der Waals surface area contributed by atoms with Gasteiger partial charge in [-0.15, -0.1) is 0 Å². The summed E-state index contributed by atoms with van der Waals surface area (Å²) in [5.41, 5.74) is 1.25. The number of nitrogens with one attached hydrogen (secondary N) is 1. The van der Waals surface area contributed by atoms with Gasteiger partial charge in [0, 0.05) is 30.7 Å². The average molecular weight is 377 g/mol. The molecule has 25 heavy (non-hydrogen) atoms. The van der Waals surface area contributed by atoms with E-state index >= 15 is 0 Å². The van der Waals surface area contributed by atoms with Crippen LogP contribution in [0.1, 0.15) is 15.9 Å². The largest absolute Gasteiger partial charge is 0.494 e. The molecule has 0 spiro atoms. The number of carbonyl (C=O) groups is 1. The number of halogens is 2. The molecule has 0 atom stereocenters. The zero-order valence-corrected chi connectivity index (χ0v) is 14.8. The molecule has 0 bridgehead atoms. The third-order valence-electron chi connectivity index (χ3n) is 3.47. The van der Waals surface area contributed by atoms with Gasteiger partial charge in [0.25, 0.3) is 5.91 Å². The van der Waals surface area contributed by atoms with Crippen LogP contribution in [0, 0.1) is 0 Å². The van der Waals surface area contributed by atoms with Gasteiger partial charge in [0.15, 0.2) is 11.6 Å². The number of benzene rings is 1. The second-order valence-corrected chi connectivity index (χ2v) is 5.94. The summed E-state index contributed by atoms with van der Waals surface area (Å²) >= 11 is 12.1. The van der Waals surface area contributed by atoms with E-state index in [4.69, 9.17) is 27.9 Å². The third-order valence-corrected chi connectivity index (χ3v) is 4.03. The molecule has 0 aliphatic rings. The highest BCUT2D eigenvalue weighted by molar-refractivity contribution is 6.37. The van der Waals surface area contributed by atoms with Gasteiger partial charge >= 0.3 is 0 Å². The molecular weight excluding hydrogens is 363 g/mol. The third kappa shape index (κ3) is 3.92. The molecule has 1 aromatic carbocycles. The van der Waals surface area contributed by atoms with Crippen LogP contribution in [0.5, 0.6) is 5.75 Å². The monoisotopic (exact) mass is 376 g/mol. The Morgan fingerprint density at radius 1 is 1.24 bits per heavy atom. The maximum Gasteiger partial charge on any atom is 0.251 e. The van der Waals surface area contributed by atoms with Crippen LogP contribution < -0.4 is 10.1 Å². The van der Waals surface area contributed by atoms with Crippen molar-refractivity contribution in [1.29, 1.82) is 0 Å². The number of hydrogen-bond acceptors (Lipinski definition) is 4. The van der Waals surface area contributed by atoms with Crippen molar-refractivity contribution in [3.63, 3.8) is 0 Å². The van der Waals surface area contributed by atoms with Gasteiger partial charge in [0.1, 0.15) is 0 Å². The average Bonchev–Trinajstić information content (AvgIpc) is 3.14. The number of hydrogen-bond donors (Lipinski definition) is 1. The van der Waals surface area contributed by atoms with Crippen molar-refractivity contribution >= 4 is 29.1 Å². The van der Waals surface area contributed by atoms with E-state index in [1.54, 1.807) is 23.3 Å². The van der Waals surface area contributed by atoms with Gasteiger partial charge in [0.2, 0.25) is 0 Å². The molecule has 128 valence electrons. The van der Waals surface area contributed by atoms with Crippen LogP contribution in [0.4, 0.5) is 0 Å². The van der Waals surface area contributed by atoms with Crippen molar-refractivity contribution in [2.45, 2.75) is 6.54 Å². The molecular formula is C17H14Cl2N4O2.